The van der Waals surface area contributed by atoms with Crippen molar-refractivity contribution in [3.63, 3.8) is 0 Å². The molecule has 0 unspecified atom stereocenters. The van der Waals surface area contributed by atoms with Crippen LogP contribution in [-0.2, 0) is 40.6 Å². The molecular weight excluding hydrogens is 1270 g/mol. The second-order valence-electron chi connectivity index (χ2n) is 29.9. The summed E-state index contributed by atoms with van der Waals surface area (Å²) in [7, 11) is 0. The Hall–Kier alpha value is -11.6. The van der Waals surface area contributed by atoms with E-state index < -0.39 is 55.7 Å². The minimum atomic E-state index is -1.79. The molecule has 0 spiro atoms. The number of ether oxygens (including phenoxy) is 4. The average molecular weight is 1350 g/mol. The quantitative estimate of drug-likeness (QED) is 0.0366. The molecule has 4 N–H and O–H groups in total. The van der Waals surface area contributed by atoms with Gasteiger partial charge in [0.25, 0.3) is 0 Å². The Morgan fingerprint density at radius 3 is 0.750 bits per heavy atom. The number of fused-ring (bicyclic) bond motifs is 16. The van der Waals surface area contributed by atoms with Crippen LogP contribution in [0.1, 0.15) is 166 Å². The fraction of sp³-hybridized carbons (Fsp3) is 0.316. The molecule has 0 saturated carbocycles. The van der Waals surface area contributed by atoms with Crippen LogP contribution in [-0.4, -0.2) is 127 Å². The highest BCUT2D eigenvalue weighted by molar-refractivity contribution is 5.98. The van der Waals surface area contributed by atoms with Crippen LogP contribution in [0.5, 0.6) is 23.0 Å². The molecule has 0 radical (unpaired) electrons. The number of aromatic hydroxyl groups is 4. The van der Waals surface area contributed by atoms with Crippen LogP contribution >= 0.6 is 0 Å². The second kappa shape index (κ2) is 21.7. The van der Waals surface area contributed by atoms with Crippen molar-refractivity contribution in [2.75, 3.05) is 26.4 Å². The summed E-state index contributed by atoms with van der Waals surface area (Å²) in [6.07, 6.45) is 2.62. The van der Waals surface area contributed by atoms with Gasteiger partial charge in [-0.15, -0.1) is 56.2 Å². The minimum absolute atomic E-state index is 0.0724. The molecule has 0 atom stereocenters. The molecule has 24 heteroatoms. The Morgan fingerprint density at radius 1 is 0.300 bits per heavy atom. The van der Waals surface area contributed by atoms with E-state index in [1.165, 1.54) is 0 Å². The lowest BCUT2D eigenvalue weighted by molar-refractivity contribution is -0.0642. The van der Waals surface area contributed by atoms with Gasteiger partial charge in [0.15, 0.2) is 0 Å². The fourth-order valence-electron chi connectivity index (χ4n) is 13.2. The standard InChI is InChI=1S/C76H78N12O12/c1-13-73(7,8)49-21-29-65(90)61(37-49)86-78-53-25-17-45(33-57(53)82(78)86)69(94)98-41-76(40-97-68(93)44-16-24-52-56(32-44)81-77(52)85(81)60-36-48(72(4,5)6)20-28-64(60)89,42-99-70(95)46-18-26-54-58(34-46)83-79(54)87(83)62-38-50(22-30-66(62)91)74(9,10)14-2)43-100-71(96)47-19-27-55-59(35-47)84-80(55)88(84)63-39-51(23-31-67(63)92)75(11,12)15-3/h16-39,89-92H,13-15,40-43H2,1-12H3. The third-order valence-corrected chi connectivity index (χ3v) is 21.3. The van der Waals surface area contributed by atoms with Crippen LogP contribution in [0.15, 0.2) is 146 Å². The average Bonchev–Trinajstić information content (AvgIpc) is 1.53. The van der Waals surface area contributed by atoms with E-state index in [0.717, 1.165) is 63.6 Å². The number of benzene rings is 8. The van der Waals surface area contributed by atoms with Crippen LogP contribution in [0.3, 0.4) is 0 Å². The number of aromatic nitrogens is 12. The van der Waals surface area contributed by atoms with E-state index in [4.69, 9.17) is 18.9 Å². The molecule has 0 aliphatic heterocycles. The molecule has 0 aliphatic rings. The topological polar surface area (TPSA) is 241 Å². The zero-order chi connectivity index (χ0) is 70.3. The van der Waals surface area contributed by atoms with Gasteiger partial charge in [0, 0.05) is 0 Å². The molecule has 0 fully saturated rings. The Morgan fingerprint density at radius 2 is 0.520 bits per heavy atom. The highest BCUT2D eigenvalue weighted by Crippen LogP contribution is 2.41. The van der Waals surface area contributed by atoms with Crippen molar-refractivity contribution in [2.45, 2.75) is 124 Å². The first-order valence-electron chi connectivity index (χ1n) is 33.8. The molecular formula is C76H78N12O12. The summed E-state index contributed by atoms with van der Waals surface area (Å²) >= 11 is 0. The summed E-state index contributed by atoms with van der Waals surface area (Å²) in [5, 5.41) is 44.4. The molecule has 514 valence electrons. The van der Waals surface area contributed by atoms with Crippen molar-refractivity contribution in [1.82, 2.24) is 56.2 Å². The van der Waals surface area contributed by atoms with Crippen molar-refractivity contribution in [1.29, 1.82) is 0 Å². The van der Waals surface area contributed by atoms with Crippen molar-refractivity contribution in [3.8, 4) is 45.7 Å². The minimum Gasteiger partial charge on any atom is -0.506 e. The van der Waals surface area contributed by atoms with E-state index in [1.54, 1.807) is 102 Å². The third-order valence-electron chi connectivity index (χ3n) is 21.3. The van der Waals surface area contributed by atoms with Gasteiger partial charge in [0.1, 0.15) is 122 Å². The number of hydrogen-bond acceptors (Lipinski definition) is 12. The van der Waals surface area contributed by atoms with E-state index in [0.29, 0.717) is 44.8 Å². The highest BCUT2D eigenvalue weighted by Gasteiger charge is 2.41. The Kier molecular flexibility index (Phi) is 13.7. The number of nitrogens with zero attached hydrogens (tertiary/aromatic N) is 12. The van der Waals surface area contributed by atoms with Gasteiger partial charge in [-0.1, -0.05) is 107 Å². The Balaban J connectivity index is 0.730. The first-order valence-corrected chi connectivity index (χ1v) is 33.8. The van der Waals surface area contributed by atoms with Crippen LogP contribution in [0.2, 0.25) is 0 Å². The van der Waals surface area contributed by atoms with Crippen molar-refractivity contribution < 1.29 is 58.6 Å². The van der Waals surface area contributed by atoms with Gasteiger partial charge in [-0.2, -0.15) is 0 Å². The van der Waals surface area contributed by atoms with Crippen LogP contribution < -0.4 is 0 Å². The number of carbonyl (C=O) groups excluding carboxylic acids is 4. The lowest BCUT2D eigenvalue weighted by Crippen LogP contribution is -2.44. The molecule has 100 heavy (non-hydrogen) atoms. The lowest BCUT2D eigenvalue weighted by Gasteiger charge is -2.31. The summed E-state index contributed by atoms with van der Waals surface area (Å²) < 4.78 is 39.7. The summed E-state index contributed by atoms with van der Waals surface area (Å²) in [6, 6.07) is 42.3. The molecule has 0 amide bonds. The largest absolute Gasteiger partial charge is 0.506 e. The van der Waals surface area contributed by atoms with Gasteiger partial charge in [0.05, 0.1) is 22.3 Å². The smallest absolute Gasteiger partial charge is 0.338 e. The fourth-order valence-corrected chi connectivity index (χ4v) is 13.2. The molecule has 8 aromatic carbocycles. The van der Waals surface area contributed by atoms with Crippen LogP contribution in [0.25, 0.3) is 66.9 Å². The van der Waals surface area contributed by atoms with Crippen molar-refractivity contribution >= 4 is 68.0 Å². The van der Waals surface area contributed by atoms with E-state index >= 15 is 0 Å². The summed E-state index contributed by atoms with van der Waals surface area (Å²) in [6.45, 7) is 23.0. The van der Waals surface area contributed by atoms with Gasteiger partial charge in [-0.05, 0) is 185 Å². The summed E-state index contributed by atoms with van der Waals surface area (Å²) in [5.74, 6) is -2.85. The molecule has 16 aromatic rings. The van der Waals surface area contributed by atoms with E-state index in [2.05, 4.69) is 83.1 Å². The molecule has 24 nitrogen and oxygen atoms in total. The molecule has 0 aliphatic carbocycles. The van der Waals surface area contributed by atoms with Gasteiger partial charge >= 0.3 is 23.9 Å². The summed E-state index contributed by atoms with van der Waals surface area (Å²) in [4.78, 5) is 65.9. The SMILES string of the molecule is CCC(C)(C)c1ccc(O)c(-n2n3c4ccc(C(=O)OCC(COC(=O)c5ccc6c(c5)n5n(-c7cc(C(C)(C)C)ccc7O)n65)(COC(=O)c5ccc6c(c5)n5n(-c7cc(C(C)(C)CC)ccc7O)n65)COC(=O)c5ccc6c(c5)n5n(-c7cc(C(C)(C)CC)ccc7O)n65)cc4n23)c1. The maximum Gasteiger partial charge on any atom is 0.338 e. The predicted octanol–water partition coefficient (Wildman–Crippen LogP) is 13.5. The van der Waals surface area contributed by atoms with Crippen LogP contribution in [0, 0.1) is 5.41 Å². The molecule has 8 aromatic heterocycles. The summed E-state index contributed by atoms with van der Waals surface area (Å²) in [5.41, 5.74) is 10.3. The number of rotatable bonds is 22. The number of phenols is 4. The van der Waals surface area contributed by atoms with E-state index in [1.807, 2.05) is 100.0 Å². The monoisotopic (exact) mass is 1350 g/mol. The first kappa shape index (κ1) is 63.2. The highest BCUT2D eigenvalue weighted by atomic mass is 16.6. The van der Waals surface area contributed by atoms with Gasteiger partial charge in [0.2, 0.25) is 0 Å². The van der Waals surface area contributed by atoms with Gasteiger partial charge in [-0.25, -0.2) is 19.2 Å². The zero-order valence-corrected chi connectivity index (χ0v) is 57.7. The second-order valence-corrected chi connectivity index (χ2v) is 29.9. The molecule has 16 rings (SSSR count). The molecule has 8 heterocycles. The lowest BCUT2D eigenvalue weighted by atomic mass is 9.82. The number of hydrogen-bond donors (Lipinski definition) is 4. The molecule has 0 bridgehead atoms. The van der Waals surface area contributed by atoms with Crippen LogP contribution in [0.4, 0.5) is 0 Å². The Labute approximate surface area is 571 Å². The predicted molar refractivity (Wildman–Crippen MR) is 374 cm³/mol. The van der Waals surface area contributed by atoms with Crippen molar-refractivity contribution in [2.24, 2.45) is 5.41 Å². The van der Waals surface area contributed by atoms with Gasteiger partial charge < -0.3 is 39.4 Å². The zero-order valence-electron chi connectivity index (χ0n) is 57.7. The number of esters is 4. The normalized spacial score (nSPS) is 13.2. The first-order chi connectivity index (χ1) is 47.6. The number of phenolic OH excluding ortho intramolecular Hbond substituents is 4. The molecule has 0 saturated heterocycles. The van der Waals surface area contributed by atoms with Crippen molar-refractivity contribution in [3.05, 3.63) is 190 Å². The maximum atomic E-state index is 14.7. The Bertz CT molecular complexity index is 5460. The maximum absolute atomic E-state index is 14.7. The van der Waals surface area contributed by atoms with Gasteiger partial charge in [-0.3, -0.25) is 0 Å². The number of carbonyl (C=O) groups is 4. The third kappa shape index (κ3) is 9.82. The van der Waals surface area contributed by atoms with E-state index in [-0.39, 0.29) is 66.9 Å². The van der Waals surface area contributed by atoms with E-state index in [9.17, 15) is 39.6 Å².